The SMILES string of the molecule is Cc1cnn(C2CCC(N)(C(N)=O)C2)c1. The summed E-state index contributed by atoms with van der Waals surface area (Å²) in [4.78, 5) is 11.2. The molecule has 1 aromatic heterocycles. The molecule has 4 N–H and O–H groups in total. The van der Waals surface area contributed by atoms with Gasteiger partial charge in [-0.3, -0.25) is 9.48 Å². The lowest BCUT2D eigenvalue weighted by atomic mass is 9.98. The summed E-state index contributed by atoms with van der Waals surface area (Å²) < 4.78 is 1.88. The van der Waals surface area contributed by atoms with E-state index in [0.29, 0.717) is 12.8 Å². The van der Waals surface area contributed by atoms with Gasteiger partial charge in [-0.1, -0.05) is 0 Å². The van der Waals surface area contributed by atoms with Crippen molar-refractivity contribution in [2.75, 3.05) is 0 Å². The Kier molecular flexibility index (Phi) is 2.26. The third kappa shape index (κ3) is 1.74. The van der Waals surface area contributed by atoms with Crippen molar-refractivity contribution in [3.63, 3.8) is 0 Å². The molecule has 0 aliphatic heterocycles. The summed E-state index contributed by atoms with van der Waals surface area (Å²) in [5.41, 5.74) is 11.5. The molecular weight excluding hydrogens is 192 g/mol. The maximum atomic E-state index is 11.2. The monoisotopic (exact) mass is 208 g/mol. The van der Waals surface area contributed by atoms with E-state index in [9.17, 15) is 4.79 Å². The van der Waals surface area contributed by atoms with E-state index in [0.717, 1.165) is 12.0 Å². The first-order valence-corrected chi connectivity index (χ1v) is 5.11. The van der Waals surface area contributed by atoms with Crippen molar-refractivity contribution >= 4 is 5.91 Å². The van der Waals surface area contributed by atoms with Crippen molar-refractivity contribution < 1.29 is 4.79 Å². The standard InChI is InChI=1S/C10H16N4O/c1-7-5-13-14(6-7)8-2-3-10(12,4-8)9(11)15/h5-6,8H,2-4,12H2,1H3,(H2,11,15). The van der Waals surface area contributed by atoms with Crippen LogP contribution in [0.1, 0.15) is 30.9 Å². The highest BCUT2D eigenvalue weighted by Crippen LogP contribution is 2.35. The van der Waals surface area contributed by atoms with Gasteiger partial charge in [0, 0.05) is 6.20 Å². The minimum Gasteiger partial charge on any atom is -0.368 e. The molecule has 0 spiro atoms. The third-order valence-electron chi connectivity index (χ3n) is 3.12. The van der Waals surface area contributed by atoms with Gasteiger partial charge in [0.05, 0.1) is 17.8 Å². The van der Waals surface area contributed by atoms with Gasteiger partial charge in [0.15, 0.2) is 0 Å². The van der Waals surface area contributed by atoms with Crippen LogP contribution in [0.3, 0.4) is 0 Å². The molecule has 2 unspecified atom stereocenters. The van der Waals surface area contributed by atoms with Crippen LogP contribution in [0.2, 0.25) is 0 Å². The fourth-order valence-electron chi connectivity index (χ4n) is 2.13. The molecule has 1 amide bonds. The molecule has 82 valence electrons. The first-order chi connectivity index (χ1) is 7.01. The Morgan fingerprint density at radius 2 is 2.47 bits per heavy atom. The summed E-state index contributed by atoms with van der Waals surface area (Å²) in [7, 11) is 0. The molecule has 0 aromatic carbocycles. The first-order valence-electron chi connectivity index (χ1n) is 5.11. The molecule has 1 aliphatic carbocycles. The van der Waals surface area contributed by atoms with Crippen molar-refractivity contribution in [1.29, 1.82) is 0 Å². The predicted octanol–water partition coefficient (Wildman–Crippen LogP) is 0.0993. The van der Waals surface area contributed by atoms with Gasteiger partial charge >= 0.3 is 0 Å². The van der Waals surface area contributed by atoms with Crippen LogP contribution in [0.5, 0.6) is 0 Å². The lowest BCUT2D eigenvalue weighted by Gasteiger charge is -2.19. The van der Waals surface area contributed by atoms with Gasteiger partial charge in [0.25, 0.3) is 0 Å². The number of nitrogens with zero attached hydrogens (tertiary/aromatic N) is 2. The van der Waals surface area contributed by atoms with E-state index in [-0.39, 0.29) is 6.04 Å². The fraction of sp³-hybridized carbons (Fsp3) is 0.600. The molecule has 1 aromatic rings. The Morgan fingerprint density at radius 3 is 2.93 bits per heavy atom. The highest BCUT2D eigenvalue weighted by molar-refractivity contribution is 5.84. The number of carbonyl (C=O) groups is 1. The smallest absolute Gasteiger partial charge is 0.237 e. The number of aryl methyl sites for hydroxylation is 1. The molecule has 0 radical (unpaired) electrons. The zero-order chi connectivity index (χ0) is 11.1. The fourth-order valence-corrected chi connectivity index (χ4v) is 2.13. The number of aromatic nitrogens is 2. The van der Waals surface area contributed by atoms with Crippen LogP contribution in [0.15, 0.2) is 12.4 Å². The minimum atomic E-state index is -0.843. The van der Waals surface area contributed by atoms with Gasteiger partial charge in [-0.25, -0.2) is 0 Å². The van der Waals surface area contributed by atoms with E-state index >= 15 is 0 Å². The molecule has 1 heterocycles. The van der Waals surface area contributed by atoms with Gasteiger partial charge in [-0.15, -0.1) is 0 Å². The molecule has 0 saturated heterocycles. The van der Waals surface area contributed by atoms with Gasteiger partial charge in [-0.05, 0) is 31.7 Å². The Hall–Kier alpha value is -1.36. The Bertz CT molecular complexity index is 387. The number of rotatable bonds is 2. The Balaban J connectivity index is 2.14. The number of primary amides is 1. The lowest BCUT2D eigenvalue weighted by molar-refractivity contribution is -0.123. The van der Waals surface area contributed by atoms with Gasteiger partial charge in [0.2, 0.25) is 5.91 Å². The molecule has 1 saturated carbocycles. The van der Waals surface area contributed by atoms with Crippen LogP contribution >= 0.6 is 0 Å². The Morgan fingerprint density at radius 1 is 1.73 bits per heavy atom. The normalized spacial score (nSPS) is 30.7. The first kappa shape index (κ1) is 10.2. The summed E-state index contributed by atoms with van der Waals surface area (Å²) in [6.45, 7) is 1.99. The molecule has 1 aliphatic rings. The van der Waals surface area contributed by atoms with Gasteiger partial charge in [-0.2, -0.15) is 5.10 Å². The topological polar surface area (TPSA) is 86.9 Å². The van der Waals surface area contributed by atoms with E-state index in [1.54, 1.807) is 6.20 Å². The molecule has 2 atom stereocenters. The van der Waals surface area contributed by atoms with E-state index in [4.69, 9.17) is 11.5 Å². The van der Waals surface area contributed by atoms with Crippen molar-refractivity contribution in [3.05, 3.63) is 18.0 Å². The summed E-state index contributed by atoms with van der Waals surface area (Å²) in [6.07, 6.45) is 5.87. The number of nitrogens with two attached hydrogens (primary N) is 2. The molecule has 5 nitrogen and oxygen atoms in total. The molecular formula is C10H16N4O. The second-order valence-electron chi connectivity index (χ2n) is 4.41. The van der Waals surface area contributed by atoms with Crippen LogP contribution in [-0.2, 0) is 4.79 Å². The van der Waals surface area contributed by atoms with Crippen LogP contribution in [0.25, 0.3) is 0 Å². The maximum absolute atomic E-state index is 11.2. The van der Waals surface area contributed by atoms with Gasteiger partial charge in [0.1, 0.15) is 0 Å². The third-order valence-corrected chi connectivity index (χ3v) is 3.12. The quantitative estimate of drug-likeness (QED) is 0.722. The van der Waals surface area contributed by atoms with Crippen LogP contribution in [0, 0.1) is 6.92 Å². The summed E-state index contributed by atoms with van der Waals surface area (Å²) in [6, 6.07) is 0.205. The number of hydrogen-bond acceptors (Lipinski definition) is 3. The minimum absolute atomic E-state index is 0.205. The van der Waals surface area contributed by atoms with Crippen molar-refractivity contribution in [2.24, 2.45) is 11.5 Å². The summed E-state index contributed by atoms with van der Waals surface area (Å²) in [5, 5.41) is 4.23. The van der Waals surface area contributed by atoms with E-state index < -0.39 is 11.4 Å². The lowest BCUT2D eigenvalue weighted by Crippen LogP contribution is -2.49. The van der Waals surface area contributed by atoms with E-state index in [1.165, 1.54) is 0 Å². The Labute approximate surface area is 88.4 Å². The van der Waals surface area contributed by atoms with Crippen LogP contribution < -0.4 is 11.5 Å². The number of amides is 1. The van der Waals surface area contributed by atoms with Crippen LogP contribution in [0.4, 0.5) is 0 Å². The van der Waals surface area contributed by atoms with Gasteiger partial charge < -0.3 is 11.5 Å². The van der Waals surface area contributed by atoms with E-state index in [1.807, 2.05) is 17.8 Å². The average Bonchev–Trinajstić information content (AvgIpc) is 2.73. The molecule has 5 heteroatoms. The average molecular weight is 208 g/mol. The molecule has 15 heavy (non-hydrogen) atoms. The number of carbonyl (C=O) groups excluding carboxylic acids is 1. The number of hydrogen-bond donors (Lipinski definition) is 2. The molecule has 0 bridgehead atoms. The predicted molar refractivity (Wildman–Crippen MR) is 56.0 cm³/mol. The second-order valence-corrected chi connectivity index (χ2v) is 4.41. The second kappa shape index (κ2) is 3.34. The van der Waals surface area contributed by atoms with Crippen molar-refractivity contribution in [3.8, 4) is 0 Å². The summed E-state index contributed by atoms with van der Waals surface area (Å²) in [5.74, 6) is -0.408. The van der Waals surface area contributed by atoms with E-state index in [2.05, 4.69) is 5.10 Å². The van der Waals surface area contributed by atoms with Crippen molar-refractivity contribution in [2.45, 2.75) is 37.8 Å². The zero-order valence-electron chi connectivity index (χ0n) is 8.81. The maximum Gasteiger partial charge on any atom is 0.237 e. The zero-order valence-corrected chi connectivity index (χ0v) is 8.81. The van der Waals surface area contributed by atoms with Crippen LogP contribution in [-0.4, -0.2) is 21.2 Å². The highest BCUT2D eigenvalue weighted by atomic mass is 16.1. The molecule has 2 rings (SSSR count). The summed E-state index contributed by atoms with van der Waals surface area (Å²) >= 11 is 0. The highest BCUT2D eigenvalue weighted by Gasteiger charge is 2.41. The van der Waals surface area contributed by atoms with Crippen molar-refractivity contribution in [1.82, 2.24) is 9.78 Å². The largest absolute Gasteiger partial charge is 0.368 e. The molecule has 1 fully saturated rings.